The maximum absolute atomic E-state index is 13.1. The number of carbonyl (C=O) groups excluding carboxylic acids is 2. The van der Waals surface area contributed by atoms with E-state index in [2.05, 4.69) is 12.1 Å². The van der Waals surface area contributed by atoms with E-state index in [-0.39, 0.29) is 11.7 Å². The molecule has 0 spiro atoms. The molecule has 0 bridgehead atoms. The van der Waals surface area contributed by atoms with Crippen molar-refractivity contribution in [2.75, 3.05) is 14.2 Å². The number of fused-ring (bicyclic) bond motifs is 1. The number of Topliss-reactive ketones (excluding diaryl/α,β-unsaturated/α-hetero) is 1. The number of pyridine rings is 1. The predicted octanol–water partition coefficient (Wildman–Crippen LogP) is 2.93. The molecule has 32 heavy (non-hydrogen) atoms. The van der Waals surface area contributed by atoms with E-state index in [1.165, 1.54) is 5.56 Å². The minimum Gasteiger partial charge on any atom is -0.493 e. The van der Waals surface area contributed by atoms with Crippen molar-refractivity contribution in [1.82, 2.24) is 0 Å². The Kier molecular flexibility index (Phi) is 6.21. The standard InChI is InChI=1S/C26H26N2O4/c1-31-23-14-19-13-20(25(29)21(19)15-24(23)32-2)12-18-9-11-28(16-22(18)26(27)30)10-8-17-6-4-3-5-7-17/h3-7,9,11,14-16,20H,8,10,12-13H2,1-2H3,(H-,27,30)/p+1. The second-order valence-corrected chi connectivity index (χ2v) is 8.06. The van der Waals surface area contributed by atoms with Crippen LogP contribution in [0.15, 0.2) is 60.9 Å². The molecule has 1 atom stereocenters. The number of methoxy groups -OCH3 is 2. The van der Waals surface area contributed by atoms with Crippen LogP contribution >= 0.6 is 0 Å². The molecule has 1 heterocycles. The van der Waals surface area contributed by atoms with Crippen molar-refractivity contribution >= 4 is 11.7 Å². The first-order valence-corrected chi connectivity index (χ1v) is 10.6. The molecule has 164 valence electrons. The predicted molar refractivity (Wildman–Crippen MR) is 120 cm³/mol. The number of carbonyl (C=O) groups is 2. The fourth-order valence-corrected chi connectivity index (χ4v) is 4.34. The number of nitrogens with two attached hydrogens (primary N) is 1. The second kappa shape index (κ2) is 9.22. The number of aryl methyl sites for hydroxylation is 2. The van der Waals surface area contributed by atoms with Gasteiger partial charge in [-0.1, -0.05) is 30.3 Å². The van der Waals surface area contributed by atoms with E-state index in [1.807, 2.05) is 41.1 Å². The van der Waals surface area contributed by atoms with Gasteiger partial charge in [-0.3, -0.25) is 9.59 Å². The summed E-state index contributed by atoms with van der Waals surface area (Å²) in [7, 11) is 3.13. The highest BCUT2D eigenvalue weighted by Crippen LogP contribution is 2.37. The van der Waals surface area contributed by atoms with Gasteiger partial charge in [0.2, 0.25) is 0 Å². The Morgan fingerprint density at radius 3 is 2.50 bits per heavy atom. The molecule has 0 saturated heterocycles. The smallest absolute Gasteiger partial charge is 0.255 e. The highest BCUT2D eigenvalue weighted by Gasteiger charge is 2.33. The van der Waals surface area contributed by atoms with Crippen LogP contribution in [-0.4, -0.2) is 25.9 Å². The van der Waals surface area contributed by atoms with Crippen LogP contribution in [0.5, 0.6) is 11.5 Å². The van der Waals surface area contributed by atoms with Gasteiger partial charge in [0.05, 0.1) is 14.2 Å². The van der Waals surface area contributed by atoms with E-state index in [4.69, 9.17) is 15.2 Å². The SMILES string of the molecule is COc1cc2c(cc1OC)C(=O)C(Cc1cc[n+](CCc3ccccc3)cc1C(N)=O)C2. The molecule has 2 aromatic carbocycles. The summed E-state index contributed by atoms with van der Waals surface area (Å²) in [6, 6.07) is 15.7. The molecule has 1 aromatic heterocycles. The third-order valence-electron chi connectivity index (χ3n) is 6.05. The van der Waals surface area contributed by atoms with Gasteiger partial charge in [-0.25, -0.2) is 4.57 Å². The molecule has 0 saturated carbocycles. The summed E-state index contributed by atoms with van der Waals surface area (Å²) in [5, 5.41) is 0. The van der Waals surface area contributed by atoms with Crippen LogP contribution in [0.3, 0.4) is 0 Å². The molecule has 0 aliphatic heterocycles. The minimum atomic E-state index is -0.486. The van der Waals surface area contributed by atoms with E-state index < -0.39 is 5.91 Å². The van der Waals surface area contributed by atoms with Crippen molar-refractivity contribution in [3.8, 4) is 11.5 Å². The van der Waals surface area contributed by atoms with Crippen molar-refractivity contribution in [1.29, 1.82) is 0 Å². The average Bonchev–Trinajstić information content (AvgIpc) is 3.12. The first-order chi connectivity index (χ1) is 15.5. The van der Waals surface area contributed by atoms with Gasteiger partial charge in [0.15, 0.2) is 36.2 Å². The summed E-state index contributed by atoms with van der Waals surface area (Å²) in [6.45, 7) is 0.734. The van der Waals surface area contributed by atoms with Crippen LogP contribution in [0.25, 0.3) is 0 Å². The van der Waals surface area contributed by atoms with Crippen molar-refractivity contribution in [2.24, 2.45) is 11.7 Å². The molecule has 1 amide bonds. The molecule has 6 heteroatoms. The van der Waals surface area contributed by atoms with Gasteiger partial charge in [-0.2, -0.15) is 0 Å². The number of nitrogens with zero attached hydrogens (tertiary/aromatic N) is 1. The third kappa shape index (κ3) is 4.35. The quantitative estimate of drug-likeness (QED) is 0.556. The topological polar surface area (TPSA) is 82.5 Å². The van der Waals surface area contributed by atoms with Gasteiger partial charge in [0, 0.05) is 24.0 Å². The molecular formula is C26H27N2O4+. The molecule has 1 aliphatic rings. The van der Waals surface area contributed by atoms with E-state index in [0.717, 1.165) is 24.1 Å². The fourth-order valence-electron chi connectivity index (χ4n) is 4.34. The Morgan fingerprint density at radius 1 is 1.09 bits per heavy atom. The van der Waals surface area contributed by atoms with Crippen LogP contribution in [-0.2, 0) is 25.8 Å². The Hall–Kier alpha value is -3.67. The van der Waals surface area contributed by atoms with E-state index in [1.54, 1.807) is 26.5 Å². The first kappa shape index (κ1) is 21.6. The molecule has 1 aliphatic carbocycles. The Balaban J connectivity index is 1.53. The third-order valence-corrected chi connectivity index (χ3v) is 6.05. The van der Waals surface area contributed by atoms with Gasteiger partial charge in [-0.15, -0.1) is 0 Å². The largest absolute Gasteiger partial charge is 0.493 e. The lowest BCUT2D eigenvalue weighted by Gasteiger charge is -2.10. The highest BCUT2D eigenvalue weighted by molar-refractivity contribution is 6.03. The first-order valence-electron chi connectivity index (χ1n) is 10.6. The van der Waals surface area contributed by atoms with Crippen LogP contribution < -0.4 is 19.8 Å². The number of ketones is 1. The van der Waals surface area contributed by atoms with Gasteiger partial charge in [0.1, 0.15) is 5.56 Å². The highest BCUT2D eigenvalue weighted by atomic mass is 16.5. The van der Waals surface area contributed by atoms with E-state index >= 15 is 0 Å². The zero-order valence-corrected chi connectivity index (χ0v) is 18.3. The number of ether oxygens (including phenoxy) is 2. The van der Waals surface area contributed by atoms with E-state index in [9.17, 15) is 9.59 Å². The number of rotatable bonds is 8. The summed E-state index contributed by atoms with van der Waals surface area (Å²) < 4.78 is 12.7. The molecule has 3 aromatic rings. The minimum absolute atomic E-state index is 0.0529. The molecule has 6 nitrogen and oxygen atoms in total. The molecule has 4 rings (SSSR count). The van der Waals surface area contributed by atoms with Crippen LogP contribution in [0.4, 0.5) is 0 Å². The van der Waals surface area contributed by atoms with Crippen LogP contribution in [0, 0.1) is 5.92 Å². The summed E-state index contributed by atoms with van der Waals surface area (Å²) in [5.74, 6) is 0.464. The van der Waals surface area contributed by atoms with Crippen molar-refractivity contribution in [3.05, 3.63) is 88.7 Å². The van der Waals surface area contributed by atoms with Crippen LogP contribution in [0.1, 0.15) is 37.4 Å². The Labute approximate surface area is 187 Å². The van der Waals surface area contributed by atoms with Gasteiger partial charge < -0.3 is 15.2 Å². The number of hydrogen-bond acceptors (Lipinski definition) is 4. The molecule has 2 N–H and O–H groups in total. The molecule has 1 unspecified atom stereocenters. The zero-order chi connectivity index (χ0) is 22.7. The summed E-state index contributed by atoms with van der Waals surface area (Å²) in [4.78, 5) is 25.2. The lowest BCUT2D eigenvalue weighted by Crippen LogP contribution is -2.36. The van der Waals surface area contributed by atoms with Crippen molar-refractivity contribution in [2.45, 2.75) is 25.8 Å². The normalized spacial score (nSPS) is 14.8. The van der Waals surface area contributed by atoms with Crippen molar-refractivity contribution < 1.29 is 23.6 Å². The number of primary amides is 1. The van der Waals surface area contributed by atoms with E-state index in [0.29, 0.717) is 35.5 Å². The number of benzene rings is 2. The second-order valence-electron chi connectivity index (χ2n) is 8.06. The van der Waals surface area contributed by atoms with Gasteiger partial charge in [-0.05, 0) is 41.7 Å². The summed E-state index contributed by atoms with van der Waals surface area (Å²) in [5.41, 5.74) is 9.76. The molecular weight excluding hydrogens is 404 g/mol. The maximum atomic E-state index is 13.1. The zero-order valence-electron chi connectivity index (χ0n) is 18.3. The lowest BCUT2D eigenvalue weighted by molar-refractivity contribution is -0.696. The Bertz CT molecular complexity index is 1160. The van der Waals surface area contributed by atoms with Crippen molar-refractivity contribution in [3.63, 3.8) is 0 Å². The van der Waals surface area contributed by atoms with Gasteiger partial charge >= 0.3 is 0 Å². The molecule has 0 radical (unpaired) electrons. The van der Waals surface area contributed by atoms with Gasteiger partial charge in [0.25, 0.3) is 5.91 Å². The molecule has 0 fully saturated rings. The summed E-state index contributed by atoms with van der Waals surface area (Å²) in [6.07, 6.45) is 5.64. The Morgan fingerprint density at radius 2 is 1.81 bits per heavy atom. The summed E-state index contributed by atoms with van der Waals surface area (Å²) >= 11 is 0. The fraction of sp³-hybridized carbons (Fsp3) is 0.269. The monoisotopic (exact) mass is 431 g/mol. The number of aromatic nitrogens is 1. The van der Waals surface area contributed by atoms with Crippen LogP contribution in [0.2, 0.25) is 0 Å². The average molecular weight is 432 g/mol. The number of hydrogen-bond donors (Lipinski definition) is 1. The number of amides is 1. The maximum Gasteiger partial charge on any atom is 0.255 e. The lowest BCUT2D eigenvalue weighted by atomic mass is 9.93.